The summed E-state index contributed by atoms with van der Waals surface area (Å²) in [6.07, 6.45) is 0. The van der Waals surface area contributed by atoms with Crippen molar-refractivity contribution in [2.75, 3.05) is 14.1 Å². The summed E-state index contributed by atoms with van der Waals surface area (Å²) in [5.74, 6) is -1.80. The van der Waals surface area contributed by atoms with E-state index in [0.717, 1.165) is 6.07 Å². The summed E-state index contributed by atoms with van der Waals surface area (Å²) in [6, 6.07) is 8.94. The molecular weight excluding hydrogens is 329 g/mol. The van der Waals surface area contributed by atoms with Gasteiger partial charge in [0.2, 0.25) is 5.91 Å². The number of hydrogen-bond acceptors (Lipinski definition) is 2. The van der Waals surface area contributed by atoms with Crippen molar-refractivity contribution in [1.29, 1.82) is 0 Å². The third-order valence-corrected chi connectivity index (χ3v) is 4.14. The first-order chi connectivity index (χ1) is 11.8. The molecule has 2 aromatic rings. The second kappa shape index (κ2) is 8.16. The third-order valence-electron chi connectivity index (χ3n) is 4.14. The van der Waals surface area contributed by atoms with Crippen LogP contribution < -0.4 is 0 Å². The van der Waals surface area contributed by atoms with Crippen molar-refractivity contribution in [2.45, 2.75) is 26.1 Å². The fourth-order valence-corrected chi connectivity index (χ4v) is 2.55. The van der Waals surface area contributed by atoms with Gasteiger partial charge < -0.3 is 4.90 Å². The average Bonchev–Trinajstić information content (AvgIpc) is 2.56. The number of likely N-dealkylation sites (N-methyl/N-ethyl adjacent to an activating group) is 2. The van der Waals surface area contributed by atoms with Gasteiger partial charge in [-0.25, -0.2) is 13.2 Å². The molecule has 6 heteroatoms. The van der Waals surface area contributed by atoms with E-state index in [0.29, 0.717) is 11.1 Å². The molecule has 0 saturated heterocycles. The maximum atomic E-state index is 13.8. The normalized spacial score (nSPS) is 12.3. The van der Waals surface area contributed by atoms with Crippen LogP contribution in [0.15, 0.2) is 42.5 Å². The lowest BCUT2D eigenvalue weighted by atomic mass is 10.1. The summed E-state index contributed by atoms with van der Waals surface area (Å²) in [4.78, 5) is 15.7. The Hall–Kier alpha value is -2.34. The molecule has 0 aliphatic heterocycles. The lowest BCUT2D eigenvalue weighted by Gasteiger charge is -2.28. The van der Waals surface area contributed by atoms with E-state index in [2.05, 4.69) is 0 Å². The van der Waals surface area contributed by atoms with Gasteiger partial charge in [0.05, 0.1) is 6.04 Å². The minimum atomic E-state index is -0.639. The van der Waals surface area contributed by atoms with Crippen LogP contribution in [0.2, 0.25) is 0 Å². The van der Waals surface area contributed by atoms with Gasteiger partial charge in [-0.05, 0) is 37.7 Å². The van der Waals surface area contributed by atoms with Gasteiger partial charge in [0.1, 0.15) is 17.5 Å². The number of rotatable bonds is 6. The van der Waals surface area contributed by atoms with E-state index in [-0.39, 0.29) is 24.8 Å². The zero-order valence-electron chi connectivity index (χ0n) is 14.5. The van der Waals surface area contributed by atoms with Crippen LogP contribution >= 0.6 is 0 Å². The van der Waals surface area contributed by atoms with Crippen LogP contribution in [-0.4, -0.2) is 35.8 Å². The monoisotopic (exact) mass is 350 g/mol. The number of halogens is 3. The topological polar surface area (TPSA) is 23.6 Å². The summed E-state index contributed by atoms with van der Waals surface area (Å²) in [7, 11) is 3.33. The Morgan fingerprint density at radius 3 is 2.32 bits per heavy atom. The predicted molar refractivity (Wildman–Crippen MR) is 90.2 cm³/mol. The van der Waals surface area contributed by atoms with Crippen molar-refractivity contribution in [3.05, 3.63) is 71.0 Å². The molecule has 0 fully saturated rings. The Morgan fingerprint density at radius 1 is 1.00 bits per heavy atom. The molecule has 134 valence electrons. The van der Waals surface area contributed by atoms with Crippen molar-refractivity contribution in [3.8, 4) is 0 Å². The highest BCUT2D eigenvalue weighted by atomic mass is 19.1. The summed E-state index contributed by atoms with van der Waals surface area (Å²) in [6.45, 7) is 2.17. The second-order valence-corrected chi connectivity index (χ2v) is 6.15. The molecule has 1 unspecified atom stereocenters. The minimum Gasteiger partial charge on any atom is -0.340 e. The first-order valence-corrected chi connectivity index (χ1v) is 7.91. The zero-order valence-corrected chi connectivity index (χ0v) is 14.5. The largest absolute Gasteiger partial charge is 0.340 e. The van der Waals surface area contributed by atoms with Gasteiger partial charge >= 0.3 is 0 Å². The Morgan fingerprint density at radius 2 is 1.68 bits per heavy atom. The molecule has 0 aliphatic carbocycles. The van der Waals surface area contributed by atoms with Gasteiger partial charge in [-0.3, -0.25) is 9.69 Å². The molecular formula is C19H21F3N2O. The Labute approximate surface area is 145 Å². The van der Waals surface area contributed by atoms with Crippen LogP contribution in [0.4, 0.5) is 13.2 Å². The van der Waals surface area contributed by atoms with Gasteiger partial charge in [0, 0.05) is 31.8 Å². The van der Waals surface area contributed by atoms with Crippen LogP contribution in [0, 0.1) is 17.5 Å². The van der Waals surface area contributed by atoms with Crippen LogP contribution in [0.1, 0.15) is 18.1 Å². The van der Waals surface area contributed by atoms with Gasteiger partial charge in [0.25, 0.3) is 0 Å². The number of hydrogen-bond donors (Lipinski definition) is 0. The highest BCUT2D eigenvalue weighted by Crippen LogP contribution is 2.14. The molecule has 2 aromatic carbocycles. The molecule has 0 N–H and O–H groups in total. The molecule has 0 radical (unpaired) electrons. The number of benzene rings is 2. The third kappa shape index (κ3) is 5.06. The molecule has 2 rings (SSSR count). The quantitative estimate of drug-likeness (QED) is 0.795. The van der Waals surface area contributed by atoms with E-state index in [9.17, 15) is 18.0 Å². The molecule has 0 heterocycles. The van der Waals surface area contributed by atoms with Crippen LogP contribution in [0.3, 0.4) is 0 Å². The number of amides is 1. The maximum Gasteiger partial charge on any atom is 0.239 e. The molecule has 0 saturated carbocycles. The molecule has 0 aromatic heterocycles. The van der Waals surface area contributed by atoms with E-state index < -0.39 is 17.7 Å². The highest BCUT2D eigenvalue weighted by Gasteiger charge is 2.22. The smallest absolute Gasteiger partial charge is 0.239 e. The standard InChI is InChI=1S/C19H21F3N2O/c1-13(23(2)12-15-7-8-17(21)10-18(15)22)19(25)24(3)11-14-5-4-6-16(20)9-14/h4-10,13H,11-12H2,1-3H3. The maximum absolute atomic E-state index is 13.8. The van der Waals surface area contributed by atoms with E-state index in [1.807, 2.05) is 0 Å². The van der Waals surface area contributed by atoms with Crippen molar-refractivity contribution >= 4 is 5.91 Å². The van der Waals surface area contributed by atoms with E-state index in [4.69, 9.17) is 0 Å². The van der Waals surface area contributed by atoms with Crippen molar-refractivity contribution < 1.29 is 18.0 Å². The van der Waals surface area contributed by atoms with Crippen molar-refractivity contribution in [1.82, 2.24) is 9.80 Å². The lowest BCUT2D eigenvalue weighted by molar-refractivity contribution is -0.135. The van der Waals surface area contributed by atoms with Gasteiger partial charge in [-0.2, -0.15) is 0 Å². The van der Waals surface area contributed by atoms with Crippen molar-refractivity contribution in [3.63, 3.8) is 0 Å². The number of nitrogens with zero attached hydrogens (tertiary/aromatic N) is 2. The average molecular weight is 350 g/mol. The Kier molecular flexibility index (Phi) is 6.20. The molecule has 1 atom stereocenters. The van der Waals surface area contributed by atoms with E-state index >= 15 is 0 Å². The second-order valence-electron chi connectivity index (χ2n) is 6.15. The first kappa shape index (κ1) is 19.0. The summed E-state index contributed by atoms with van der Waals surface area (Å²) in [5, 5.41) is 0. The van der Waals surface area contributed by atoms with Gasteiger partial charge in [0.15, 0.2) is 0 Å². The van der Waals surface area contributed by atoms with Gasteiger partial charge in [-0.15, -0.1) is 0 Å². The highest BCUT2D eigenvalue weighted by molar-refractivity contribution is 5.81. The Bertz CT molecular complexity index is 751. The fourth-order valence-electron chi connectivity index (χ4n) is 2.55. The first-order valence-electron chi connectivity index (χ1n) is 7.91. The molecule has 3 nitrogen and oxygen atoms in total. The molecule has 0 bridgehead atoms. The number of carbonyl (C=O) groups excluding carboxylic acids is 1. The van der Waals surface area contributed by atoms with Crippen molar-refractivity contribution in [2.24, 2.45) is 0 Å². The summed E-state index contributed by atoms with van der Waals surface area (Å²) >= 11 is 0. The predicted octanol–water partition coefficient (Wildman–Crippen LogP) is 3.58. The zero-order chi connectivity index (χ0) is 18.6. The fraction of sp³-hybridized carbons (Fsp3) is 0.316. The Balaban J connectivity index is 2.00. The molecule has 25 heavy (non-hydrogen) atoms. The lowest BCUT2D eigenvalue weighted by Crippen LogP contribution is -2.43. The van der Waals surface area contributed by atoms with E-state index in [1.165, 1.54) is 29.2 Å². The van der Waals surface area contributed by atoms with Crippen LogP contribution in [0.5, 0.6) is 0 Å². The summed E-state index contributed by atoms with van der Waals surface area (Å²) < 4.78 is 40.0. The summed E-state index contributed by atoms with van der Waals surface area (Å²) in [5.41, 5.74) is 1.01. The van der Waals surface area contributed by atoms with Crippen LogP contribution in [0.25, 0.3) is 0 Å². The number of carbonyl (C=O) groups is 1. The molecule has 0 spiro atoms. The molecule has 0 aliphatic rings. The van der Waals surface area contributed by atoms with Crippen LogP contribution in [-0.2, 0) is 17.9 Å². The van der Waals surface area contributed by atoms with Gasteiger partial charge in [-0.1, -0.05) is 18.2 Å². The minimum absolute atomic E-state index is 0.172. The molecule has 1 amide bonds. The SMILES string of the molecule is CC(C(=O)N(C)Cc1cccc(F)c1)N(C)Cc1ccc(F)cc1F. The van der Waals surface area contributed by atoms with E-state index in [1.54, 1.807) is 38.1 Å².